The third-order valence-corrected chi connectivity index (χ3v) is 6.63. The molecule has 0 bridgehead atoms. The lowest BCUT2D eigenvalue weighted by molar-refractivity contribution is -0.894. The number of thiazole rings is 1. The van der Waals surface area contributed by atoms with Gasteiger partial charge in [0, 0.05) is 5.56 Å². The van der Waals surface area contributed by atoms with Crippen LogP contribution in [0.15, 0.2) is 36.4 Å². The number of likely N-dealkylation sites (N-methyl/N-ethyl adjacent to an activating group) is 1. The second-order valence-electron chi connectivity index (χ2n) is 7.15. The molecule has 3 rings (SSSR count). The van der Waals surface area contributed by atoms with Crippen LogP contribution >= 0.6 is 11.3 Å². The molecule has 0 saturated carbocycles. The van der Waals surface area contributed by atoms with Gasteiger partial charge in [-0.2, -0.15) is 0 Å². The Morgan fingerprint density at radius 2 is 1.77 bits per heavy atom. The molecular weight excluding hydrogens is 398 g/mol. The number of quaternary nitrogens is 1. The molecule has 0 aliphatic rings. The fourth-order valence-corrected chi connectivity index (χ4v) is 4.50. The normalized spacial score (nSPS) is 11.1. The average molecular weight is 429 g/mol. The highest BCUT2D eigenvalue weighted by Gasteiger charge is 2.24. The van der Waals surface area contributed by atoms with Crippen molar-refractivity contribution in [1.82, 2.24) is 4.98 Å². The predicted octanol–water partition coefficient (Wildman–Crippen LogP) is 3.19. The highest BCUT2D eigenvalue weighted by Crippen LogP contribution is 2.36. The molecule has 1 aromatic heterocycles. The zero-order chi connectivity index (χ0) is 21.7. The van der Waals surface area contributed by atoms with Gasteiger partial charge in [-0.05, 0) is 56.7 Å². The summed E-state index contributed by atoms with van der Waals surface area (Å²) in [6.45, 7) is 9.89. The van der Waals surface area contributed by atoms with Gasteiger partial charge in [0.1, 0.15) is 17.0 Å². The molecule has 0 radical (unpaired) electrons. The summed E-state index contributed by atoms with van der Waals surface area (Å²) in [7, 11) is 3.26. The molecule has 6 nitrogen and oxygen atoms in total. The second-order valence-corrected chi connectivity index (χ2v) is 8.13. The zero-order valence-corrected chi connectivity index (χ0v) is 19.1. The van der Waals surface area contributed by atoms with Crippen LogP contribution < -0.4 is 19.3 Å². The summed E-state index contributed by atoms with van der Waals surface area (Å²) in [4.78, 5) is 21.5. The third kappa shape index (κ3) is 4.57. The summed E-state index contributed by atoms with van der Waals surface area (Å²) < 4.78 is 11.8. The molecule has 0 saturated heterocycles. The van der Waals surface area contributed by atoms with Gasteiger partial charge in [-0.1, -0.05) is 17.4 Å². The number of anilines is 1. The minimum atomic E-state index is -0.0557. The van der Waals surface area contributed by atoms with E-state index in [0.29, 0.717) is 17.2 Å². The Balaban J connectivity index is 2.01. The number of carbonyl (C=O) groups excluding carboxylic acids is 1. The quantitative estimate of drug-likeness (QED) is 0.569. The van der Waals surface area contributed by atoms with Gasteiger partial charge in [-0.25, -0.2) is 4.98 Å². The van der Waals surface area contributed by atoms with E-state index in [1.165, 1.54) is 16.2 Å². The Morgan fingerprint density at radius 3 is 2.37 bits per heavy atom. The number of ether oxygens (including phenoxy) is 2. The van der Waals surface area contributed by atoms with E-state index in [-0.39, 0.29) is 5.91 Å². The van der Waals surface area contributed by atoms with Crippen molar-refractivity contribution in [3.8, 4) is 11.5 Å². The van der Waals surface area contributed by atoms with Crippen molar-refractivity contribution < 1.29 is 19.2 Å². The molecule has 0 spiro atoms. The highest BCUT2D eigenvalue weighted by molar-refractivity contribution is 7.22. The summed E-state index contributed by atoms with van der Waals surface area (Å²) in [5, 5.41) is 0.699. The Morgan fingerprint density at radius 1 is 1.07 bits per heavy atom. The monoisotopic (exact) mass is 428 g/mol. The molecule has 3 aromatic rings. The van der Waals surface area contributed by atoms with Crippen molar-refractivity contribution in [3.05, 3.63) is 47.5 Å². The van der Waals surface area contributed by atoms with E-state index >= 15 is 0 Å². The number of aryl methyl sites for hydroxylation is 1. The first-order chi connectivity index (χ1) is 14.5. The molecule has 30 heavy (non-hydrogen) atoms. The number of hydrogen-bond acceptors (Lipinski definition) is 5. The van der Waals surface area contributed by atoms with Gasteiger partial charge in [-0.15, -0.1) is 0 Å². The summed E-state index contributed by atoms with van der Waals surface area (Å²) in [6.07, 6.45) is 0. The maximum Gasteiger partial charge on any atom is 0.260 e. The van der Waals surface area contributed by atoms with Crippen LogP contribution in [0.5, 0.6) is 11.5 Å². The largest absolute Gasteiger partial charge is 0.497 e. The van der Waals surface area contributed by atoms with Crippen LogP contribution in [0, 0.1) is 6.92 Å². The van der Waals surface area contributed by atoms with Gasteiger partial charge in [0.15, 0.2) is 5.13 Å². The number of rotatable bonds is 9. The number of fused-ring (bicyclic) bond motifs is 1. The number of nitrogens with zero attached hydrogens (tertiary/aromatic N) is 2. The van der Waals surface area contributed by atoms with E-state index < -0.39 is 0 Å². The van der Waals surface area contributed by atoms with Crippen molar-refractivity contribution in [2.75, 3.05) is 45.3 Å². The van der Waals surface area contributed by atoms with E-state index in [1.54, 1.807) is 31.3 Å². The van der Waals surface area contributed by atoms with E-state index in [2.05, 4.69) is 20.8 Å². The number of aromatic nitrogens is 1. The van der Waals surface area contributed by atoms with E-state index in [9.17, 15) is 4.79 Å². The molecule has 160 valence electrons. The van der Waals surface area contributed by atoms with Crippen LogP contribution in [-0.2, 0) is 0 Å². The molecule has 1 heterocycles. The number of benzene rings is 2. The molecule has 0 aliphatic heterocycles. The minimum absolute atomic E-state index is 0.0557. The molecule has 1 amide bonds. The summed E-state index contributed by atoms with van der Waals surface area (Å²) in [6, 6.07) is 11.2. The Labute approximate surface area is 182 Å². The number of amides is 1. The minimum Gasteiger partial charge on any atom is -0.497 e. The number of hydrogen-bond donors (Lipinski definition) is 1. The summed E-state index contributed by atoms with van der Waals surface area (Å²) in [5.74, 6) is 1.40. The van der Waals surface area contributed by atoms with Crippen LogP contribution in [0.4, 0.5) is 5.13 Å². The molecular formula is C23H30N3O3S+. The first kappa shape index (κ1) is 22.1. The van der Waals surface area contributed by atoms with Crippen molar-refractivity contribution >= 4 is 32.6 Å². The van der Waals surface area contributed by atoms with Crippen LogP contribution in [0.1, 0.15) is 29.8 Å². The molecule has 0 atom stereocenters. The summed E-state index contributed by atoms with van der Waals surface area (Å²) in [5.41, 5.74) is 2.55. The molecule has 0 unspecified atom stereocenters. The SMILES string of the molecule is CC[NH+](CC)CCN(C(=O)c1ccc(OC)cc1)c1nc2c(OC)ccc(C)c2s1. The molecule has 1 N–H and O–H groups in total. The van der Waals surface area contributed by atoms with Crippen LogP contribution in [0.3, 0.4) is 0 Å². The highest BCUT2D eigenvalue weighted by atomic mass is 32.1. The fourth-order valence-electron chi connectivity index (χ4n) is 3.43. The first-order valence-electron chi connectivity index (χ1n) is 10.3. The lowest BCUT2D eigenvalue weighted by Crippen LogP contribution is -3.12. The predicted molar refractivity (Wildman–Crippen MR) is 122 cm³/mol. The fraction of sp³-hybridized carbons (Fsp3) is 0.391. The zero-order valence-electron chi connectivity index (χ0n) is 18.3. The molecule has 0 aliphatic carbocycles. The maximum atomic E-state index is 13.5. The standard InChI is InChI=1S/C23H29N3O3S/c1-6-25(7-2)14-15-26(22(27)17-9-11-18(28-4)12-10-17)23-24-20-19(29-5)13-8-16(3)21(20)30-23/h8-13H,6-7,14-15H2,1-5H3/p+1. The van der Waals surface area contributed by atoms with Crippen molar-refractivity contribution in [2.45, 2.75) is 20.8 Å². The number of carbonyl (C=O) groups is 1. The van der Waals surface area contributed by atoms with Gasteiger partial charge in [0.05, 0.1) is 45.1 Å². The van der Waals surface area contributed by atoms with Crippen molar-refractivity contribution in [3.63, 3.8) is 0 Å². The third-order valence-electron chi connectivity index (χ3n) is 5.41. The first-order valence-corrected chi connectivity index (χ1v) is 11.1. The van der Waals surface area contributed by atoms with E-state index in [0.717, 1.165) is 46.9 Å². The number of methoxy groups -OCH3 is 2. The second kappa shape index (κ2) is 9.91. The maximum absolute atomic E-state index is 13.5. The van der Waals surface area contributed by atoms with Gasteiger partial charge in [0.25, 0.3) is 5.91 Å². The molecule has 2 aromatic carbocycles. The average Bonchev–Trinajstić information content (AvgIpc) is 3.23. The lowest BCUT2D eigenvalue weighted by atomic mass is 10.2. The van der Waals surface area contributed by atoms with E-state index in [1.807, 2.05) is 24.3 Å². The lowest BCUT2D eigenvalue weighted by Gasteiger charge is -2.23. The Kier molecular flexibility index (Phi) is 7.29. The smallest absolute Gasteiger partial charge is 0.260 e. The Hall–Kier alpha value is -2.64. The summed E-state index contributed by atoms with van der Waals surface area (Å²) >= 11 is 1.54. The topological polar surface area (TPSA) is 56.1 Å². The van der Waals surface area contributed by atoms with Gasteiger partial charge >= 0.3 is 0 Å². The van der Waals surface area contributed by atoms with Crippen LogP contribution in [0.2, 0.25) is 0 Å². The van der Waals surface area contributed by atoms with Crippen LogP contribution in [-0.4, -0.2) is 51.3 Å². The van der Waals surface area contributed by atoms with Gasteiger partial charge < -0.3 is 14.4 Å². The number of nitrogens with one attached hydrogen (secondary N) is 1. The Bertz CT molecular complexity index is 997. The van der Waals surface area contributed by atoms with Gasteiger partial charge in [-0.3, -0.25) is 9.69 Å². The molecule has 0 fully saturated rings. The van der Waals surface area contributed by atoms with Crippen LogP contribution in [0.25, 0.3) is 10.2 Å². The van der Waals surface area contributed by atoms with Crippen molar-refractivity contribution in [1.29, 1.82) is 0 Å². The van der Waals surface area contributed by atoms with Crippen molar-refractivity contribution in [2.24, 2.45) is 0 Å². The molecule has 7 heteroatoms. The van der Waals surface area contributed by atoms with E-state index in [4.69, 9.17) is 14.5 Å². The van der Waals surface area contributed by atoms with Gasteiger partial charge in [0.2, 0.25) is 0 Å².